The lowest BCUT2D eigenvalue weighted by atomic mass is 9.79. The molecular weight excluding hydrogens is 729 g/mol. The number of esters is 3. The summed E-state index contributed by atoms with van der Waals surface area (Å²) in [5.74, 6) is -4.47. The summed E-state index contributed by atoms with van der Waals surface area (Å²) in [7, 11) is 3.09. The van der Waals surface area contributed by atoms with Crippen molar-refractivity contribution in [1.29, 1.82) is 0 Å². The van der Waals surface area contributed by atoms with E-state index in [-0.39, 0.29) is 35.7 Å². The Labute approximate surface area is 307 Å². The highest BCUT2D eigenvalue weighted by Gasteiger charge is 2.60. The van der Waals surface area contributed by atoms with Gasteiger partial charge in [0.2, 0.25) is 25.4 Å². The van der Waals surface area contributed by atoms with Gasteiger partial charge in [-0.15, -0.1) is 11.8 Å². The van der Waals surface area contributed by atoms with Gasteiger partial charge in [-0.2, -0.15) is 0 Å². The summed E-state index contributed by atoms with van der Waals surface area (Å²) < 4.78 is 20.7. The highest BCUT2D eigenvalue weighted by Crippen LogP contribution is 2.52. The zero-order chi connectivity index (χ0) is 37.1. The van der Waals surface area contributed by atoms with Gasteiger partial charge in [-0.05, 0) is 61.9 Å². The van der Waals surface area contributed by atoms with Crippen LogP contribution in [-0.2, 0) is 33.3 Å². The van der Waals surface area contributed by atoms with Crippen LogP contribution in [0.15, 0.2) is 59.1 Å². The number of rotatable bonds is 11. The molecule has 3 aliphatic rings. The number of benzene rings is 2. The van der Waals surface area contributed by atoms with Crippen molar-refractivity contribution in [2.45, 2.75) is 43.7 Å². The van der Waals surface area contributed by atoms with Gasteiger partial charge in [0.15, 0.2) is 0 Å². The number of hydrogen-bond acceptors (Lipinski definition) is 12. The van der Waals surface area contributed by atoms with Gasteiger partial charge in [0.05, 0.1) is 29.2 Å². The minimum absolute atomic E-state index is 0.00851. The average Bonchev–Trinajstić information content (AvgIpc) is 3.61. The van der Waals surface area contributed by atoms with Gasteiger partial charge in [-0.25, -0.2) is 19.2 Å². The van der Waals surface area contributed by atoms with Gasteiger partial charge in [-0.1, -0.05) is 30.1 Å². The Balaban J connectivity index is 1.30. The molecule has 0 spiro atoms. The number of carbonyl (C=O) groups excluding carboxylic acids is 6. The highest BCUT2D eigenvalue weighted by atomic mass is 35.5. The third-order valence-electron chi connectivity index (χ3n) is 8.73. The van der Waals surface area contributed by atoms with Crippen LogP contribution in [0.5, 0.6) is 0 Å². The number of fused-ring (bicyclic) bond motifs is 1. The number of aliphatic hydroxyl groups is 1. The zero-order valence-corrected chi connectivity index (χ0v) is 30.3. The molecule has 2 fully saturated rings. The SMILES string of the molecule is C[C@@H](O)[C@H]1C(=O)N2C(C(=O)OCOC(=O)c3ccc(Cl)cc3)=C(S[C@H]3C[C@@H](C(=O)N(C)C)N(C(=O)OCOC(=O)c4ccc(Cl)cc4)C3)[C@H](C)[C@H]12. The third kappa shape index (κ3) is 8.11. The molecule has 51 heavy (non-hydrogen) atoms. The highest BCUT2D eigenvalue weighted by molar-refractivity contribution is 8.03. The Morgan fingerprint density at radius 2 is 1.39 bits per heavy atom. The van der Waals surface area contributed by atoms with Crippen LogP contribution in [0.25, 0.3) is 0 Å². The number of amides is 3. The van der Waals surface area contributed by atoms with Crippen molar-refractivity contribution >= 4 is 70.8 Å². The van der Waals surface area contributed by atoms with Gasteiger partial charge in [0.25, 0.3) is 0 Å². The second kappa shape index (κ2) is 15.9. The fourth-order valence-corrected chi connectivity index (χ4v) is 8.00. The summed E-state index contributed by atoms with van der Waals surface area (Å²) in [6, 6.07) is 10.3. The molecule has 17 heteroatoms. The maximum atomic E-state index is 13.5. The molecule has 272 valence electrons. The van der Waals surface area contributed by atoms with Crippen LogP contribution in [0.4, 0.5) is 4.79 Å². The molecule has 2 aromatic carbocycles. The third-order valence-corrected chi connectivity index (χ3v) is 10.7. The number of nitrogens with zero attached hydrogens (tertiary/aromatic N) is 3. The number of hydrogen-bond donors (Lipinski definition) is 1. The van der Waals surface area contributed by atoms with Crippen LogP contribution < -0.4 is 0 Å². The van der Waals surface area contributed by atoms with Crippen LogP contribution in [0.2, 0.25) is 10.0 Å². The van der Waals surface area contributed by atoms with Crippen LogP contribution in [0.1, 0.15) is 41.0 Å². The van der Waals surface area contributed by atoms with E-state index < -0.39 is 78.8 Å². The Morgan fingerprint density at radius 1 is 0.882 bits per heavy atom. The fraction of sp³-hybridized carbons (Fsp3) is 0.412. The smallest absolute Gasteiger partial charge is 0.413 e. The minimum Gasteiger partial charge on any atom is -0.424 e. The van der Waals surface area contributed by atoms with Crippen LogP contribution in [0, 0.1) is 11.8 Å². The van der Waals surface area contributed by atoms with Gasteiger partial charge < -0.3 is 33.9 Å². The van der Waals surface area contributed by atoms with Crippen LogP contribution in [-0.4, -0.2) is 113 Å². The molecule has 0 unspecified atom stereocenters. The van der Waals surface area contributed by atoms with Crippen molar-refractivity contribution in [2.75, 3.05) is 34.2 Å². The van der Waals surface area contributed by atoms with E-state index in [0.29, 0.717) is 15.0 Å². The molecule has 0 aliphatic carbocycles. The van der Waals surface area contributed by atoms with Crippen LogP contribution >= 0.6 is 35.0 Å². The van der Waals surface area contributed by atoms with Crippen molar-refractivity contribution < 1.29 is 52.8 Å². The molecule has 3 heterocycles. The van der Waals surface area contributed by atoms with E-state index in [1.165, 1.54) is 81.9 Å². The van der Waals surface area contributed by atoms with Crippen molar-refractivity contribution in [3.8, 4) is 0 Å². The molecule has 2 saturated heterocycles. The first kappa shape index (κ1) is 37.9. The number of likely N-dealkylation sites (tertiary alicyclic amines) is 1. The molecule has 0 saturated carbocycles. The van der Waals surface area contributed by atoms with E-state index in [1.807, 2.05) is 0 Å². The second-order valence-electron chi connectivity index (χ2n) is 12.3. The first-order chi connectivity index (χ1) is 24.2. The molecule has 14 nitrogen and oxygen atoms in total. The Kier molecular flexibility index (Phi) is 11.8. The number of β-lactam (4-membered cyclic amide) rings is 1. The van der Waals surface area contributed by atoms with E-state index in [1.54, 1.807) is 21.0 Å². The van der Waals surface area contributed by atoms with E-state index in [0.717, 1.165) is 0 Å². The van der Waals surface area contributed by atoms with E-state index in [9.17, 15) is 33.9 Å². The van der Waals surface area contributed by atoms with Crippen molar-refractivity contribution in [3.63, 3.8) is 0 Å². The average molecular weight is 765 g/mol. The largest absolute Gasteiger partial charge is 0.424 e. The van der Waals surface area contributed by atoms with Gasteiger partial charge in [0.1, 0.15) is 11.7 Å². The number of aliphatic hydroxyl groups excluding tert-OH is 1. The standard InChI is InChI=1S/C34H35Cl2N3O11S/c1-17-26-25(18(2)40)30(42)39(26)27(33(45)49-15-47-31(43)19-5-9-21(35)10-6-19)28(17)51-23-13-24(29(41)37(3)4)38(14-23)34(46)50-16-48-32(44)20-7-11-22(36)12-8-20/h5-12,17-18,23-26,40H,13-16H2,1-4H3/t17-,18-,23+,24+,25-,26-/m1/s1. The number of ether oxygens (including phenoxy) is 4. The van der Waals surface area contributed by atoms with Crippen molar-refractivity contribution in [3.05, 3.63) is 80.3 Å². The van der Waals surface area contributed by atoms with Crippen molar-refractivity contribution in [2.24, 2.45) is 11.8 Å². The summed E-state index contributed by atoms with van der Waals surface area (Å²) in [6.07, 6.45) is -1.72. The lowest BCUT2D eigenvalue weighted by Gasteiger charge is -2.46. The quantitative estimate of drug-likeness (QED) is 0.199. The molecule has 0 radical (unpaired) electrons. The van der Waals surface area contributed by atoms with Gasteiger partial charge in [0, 0.05) is 46.8 Å². The lowest BCUT2D eigenvalue weighted by Crippen LogP contribution is -2.63. The number of thioether (sulfide) groups is 1. The summed E-state index contributed by atoms with van der Waals surface area (Å²) >= 11 is 12.9. The number of halogens is 2. The predicted octanol–water partition coefficient (Wildman–Crippen LogP) is 3.94. The monoisotopic (exact) mass is 763 g/mol. The van der Waals surface area contributed by atoms with Gasteiger partial charge in [-0.3, -0.25) is 14.5 Å². The molecule has 2 aromatic rings. The van der Waals surface area contributed by atoms with Crippen molar-refractivity contribution in [1.82, 2.24) is 14.7 Å². The van der Waals surface area contributed by atoms with Crippen LogP contribution in [0.3, 0.4) is 0 Å². The second-order valence-corrected chi connectivity index (χ2v) is 14.5. The van der Waals surface area contributed by atoms with Gasteiger partial charge >= 0.3 is 24.0 Å². The van der Waals surface area contributed by atoms with E-state index in [4.69, 9.17) is 42.1 Å². The zero-order valence-electron chi connectivity index (χ0n) is 27.9. The topological polar surface area (TPSA) is 169 Å². The molecule has 0 bridgehead atoms. The molecular formula is C34H35Cl2N3O11S. The number of carbonyl (C=O) groups is 6. The Bertz CT molecular complexity index is 1740. The molecule has 3 aliphatic heterocycles. The lowest BCUT2D eigenvalue weighted by molar-refractivity contribution is -0.166. The minimum atomic E-state index is -0.990. The molecule has 0 aromatic heterocycles. The molecule has 5 rings (SSSR count). The molecule has 1 N–H and O–H groups in total. The summed E-state index contributed by atoms with van der Waals surface area (Å²) in [4.78, 5) is 82.2. The molecule has 3 amide bonds. The first-order valence-corrected chi connectivity index (χ1v) is 17.4. The summed E-state index contributed by atoms with van der Waals surface area (Å²) in [5, 5.41) is 10.8. The van der Waals surface area contributed by atoms with E-state index >= 15 is 0 Å². The summed E-state index contributed by atoms with van der Waals surface area (Å²) in [5.41, 5.74) is 0.319. The maximum absolute atomic E-state index is 13.5. The predicted molar refractivity (Wildman–Crippen MR) is 183 cm³/mol. The fourth-order valence-electron chi connectivity index (χ4n) is 6.23. The maximum Gasteiger partial charge on any atom is 0.413 e. The Morgan fingerprint density at radius 3 is 1.90 bits per heavy atom. The Hall–Kier alpha value is -4.31. The first-order valence-electron chi connectivity index (χ1n) is 15.8. The normalized spacial score (nSPS) is 22.9. The molecule has 6 atom stereocenters. The summed E-state index contributed by atoms with van der Waals surface area (Å²) in [6.45, 7) is 1.86. The van der Waals surface area contributed by atoms with E-state index in [2.05, 4.69) is 0 Å². The number of likely N-dealkylation sites (N-methyl/N-ethyl adjacent to an activating group) is 1.